The molecule has 4 saturated heterocycles. The van der Waals surface area contributed by atoms with Crippen LogP contribution >= 0.6 is 23.2 Å². The maximum Gasteiger partial charge on any atom is 0.352 e. The van der Waals surface area contributed by atoms with E-state index in [-0.39, 0.29) is 11.9 Å². The van der Waals surface area contributed by atoms with Gasteiger partial charge in [0.2, 0.25) is 0 Å². The number of nitrogens with one attached hydrogen (secondary N) is 1. The van der Waals surface area contributed by atoms with Crippen LogP contribution in [0.4, 0.5) is 40.3 Å². The van der Waals surface area contributed by atoms with Gasteiger partial charge < -0.3 is 44.1 Å². The summed E-state index contributed by atoms with van der Waals surface area (Å²) in [4.78, 5) is 39.8. The molecule has 2 aromatic heterocycles. The van der Waals surface area contributed by atoms with E-state index in [2.05, 4.69) is 42.8 Å². The van der Waals surface area contributed by atoms with Crippen molar-refractivity contribution in [1.82, 2.24) is 29.2 Å². The number of rotatable bonds is 10. The van der Waals surface area contributed by atoms with Gasteiger partial charge in [-0.3, -0.25) is 14.6 Å². The number of aromatic carboxylic acids is 1. The van der Waals surface area contributed by atoms with Crippen molar-refractivity contribution < 1.29 is 32.3 Å². The number of carboxylic acids is 1. The number of carbonyl (C=O) groups is 2. The standard InChI is InChI=1S/C28H32ClF2N5O.C17H20ClN3O2.C11H14F2N2/c1-20-17-35(22-7-8-24(30)25(31)16-22)13-14-36(20)28(37)27-15-21(18-32(27)2)19-33-9-11-34(12-10-33)26-6-4-3-5-23(26)29;1-19-11-13(10-16(19)17(22)23)12-20-6-8-21(9-7-20)15-5-3-2-4-14(15)18;1-8-7-15(5-4-14-8)9-2-3-10(12)11(13)6-9/h3-8,15-16,18,20H,9-14,17,19H2,1-2H3;2-5,10-11H,6-9,12H2,1H3,(H,22,23);2-3,6,8,14H,4-5,7H2,1H3/t20-;;8-/m0.0/s1. The van der Waals surface area contributed by atoms with Crippen LogP contribution in [0.5, 0.6) is 0 Å². The van der Waals surface area contributed by atoms with Crippen LogP contribution in [0, 0.1) is 23.3 Å². The van der Waals surface area contributed by atoms with E-state index in [1.165, 1.54) is 18.2 Å². The molecule has 0 spiro atoms. The number of carboxylic acid groups (broad SMARTS) is 1. The molecule has 4 aliphatic heterocycles. The summed E-state index contributed by atoms with van der Waals surface area (Å²) in [5.74, 6) is -4.17. The van der Waals surface area contributed by atoms with E-state index in [1.807, 2.05) is 89.3 Å². The molecule has 0 saturated carbocycles. The van der Waals surface area contributed by atoms with E-state index >= 15 is 0 Å². The zero-order chi connectivity index (χ0) is 53.3. The molecule has 4 fully saturated rings. The molecule has 2 atom stereocenters. The van der Waals surface area contributed by atoms with E-state index in [4.69, 9.17) is 28.3 Å². The second-order valence-corrected chi connectivity index (χ2v) is 20.5. The number of hydrogen-bond donors (Lipinski definition) is 2. The summed E-state index contributed by atoms with van der Waals surface area (Å²) in [5, 5.41) is 14.0. The average molecular weight is 1070 g/mol. The molecule has 75 heavy (non-hydrogen) atoms. The number of piperazine rings is 4. The van der Waals surface area contributed by atoms with Crippen LogP contribution < -0.4 is 24.9 Å². The van der Waals surface area contributed by atoms with Gasteiger partial charge in [0.05, 0.1) is 21.4 Å². The second-order valence-electron chi connectivity index (χ2n) is 19.7. The van der Waals surface area contributed by atoms with Crippen LogP contribution in [-0.4, -0.2) is 145 Å². The largest absolute Gasteiger partial charge is 0.477 e. The van der Waals surface area contributed by atoms with E-state index in [1.54, 1.807) is 29.8 Å². The van der Waals surface area contributed by atoms with Gasteiger partial charge in [-0.2, -0.15) is 0 Å². The average Bonchev–Trinajstić information content (AvgIpc) is 3.96. The molecular formula is C56H66Cl2F4N10O3. The van der Waals surface area contributed by atoms with Crippen LogP contribution in [0.15, 0.2) is 109 Å². The quantitative estimate of drug-likeness (QED) is 0.129. The molecule has 10 rings (SSSR count). The van der Waals surface area contributed by atoms with Crippen molar-refractivity contribution in [3.63, 3.8) is 0 Å². The highest BCUT2D eigenvalue weighted by atomic mass is 35.5. The fraction of sp³-hybridized carbons (Fsp3) is 0.393. The molecule has 0 radical (unpaired) electrons. The third-order valence-electron chi connectivity index (χ3n) is 14.3. The predicted molar refractivity (Wildman–Crippen MR) is 291 cm³/mol. The minimum absolute atomic E-state index is 0.00488. The maximum atomic E-state index is 13.7. The topological polar surface area (TPSA) is 98.9 Å². The Labute approximate surface area is 447 Å². The van der Waals surface area contributed by atoms with Gasteiger partial charge in [0.15, 0.2) is 23.3 Å². The number of amides is 1. The van der Waals surface area contributed by atoms with Crippen molar-refractivity contribution in [2.45, 2.75) is 39.0 Å². The Bertz CT molecular complexity index is 2910. The fourth-order valence-electron chi connectivity index (χ4n) is 10.3. The summed E-state index contributed by atoms with van der Waals surface area (Å²) in [5.41, 5.74) is 6.70. The number of benzene rings is 4. The third kappa shape index (κ3) is 14.0. The first-order valence-corrected chi connectivity index (χ1v) is 26.2. The van der Waals surface area contributed by atoms with Gasteiger partial charge >= 0.3 is 5.97 Å². The number of anilines is 4. The van der Waals surface area contributed by atoms with Gasteiger partial charge in [-0.15, -0.1) is 0 Å². The predicted octanol–water partition coefficient (Wildman–Crippen LogP) is 9.09. The Hall–Kier alpha value is -6.24. The lowest BCUT2D eigenvalue weighted by Gasteiger charge is -2.41. The Balaban J connectivity index is 0.000000166. The van der Waals surface area contributed by atoms with Crippen molar-refractivity contribution in [3.05, 3.63) is 165 Å². The zero-order valence-electron chi connectivity index (χ0n) is 42.9. The van der Waals surface area contributed by atoms with Crippen molar-refractivity contribution >= 4 is 57.8 Å². The molecule has 4 aromatic carbocycles. The Morgan fingerprint density at radius 3 is 1.45 bits per heavy atom. The third-order valence-corrected chi connectivity index (χ3v) is 14.9. The number of aromatic nitrogens is 2. The number of halogens is 6. The van der Waals surface area contributed by atoms with Crippen molar-refractivity contribution in [1.29, 1.82) is 0 Å². The summed E-state index contributed by atoms with van der Waals surface area (Å²) in [6.07, 6.45) is 3.93. The molecule has 400 valence electrons. The van der Waals surface area contributed by atoms with E-state index < -0.39 is 29.2 Å². The molecule has 2 N–H and O–H groups in total. The highest BCUT2D eigenvalue weighted by Crippen LogP contribution is 2.29. The molecule has 1 amide bonds. The lowest BCUT2D eigenvalue weighted by Crippen LogP contribution is -2.54. The molecule has 19 heteroatoms. The molecule has 4 aliphatic rings. The second kappa shape index (κ2) is 25.1. The summed E-state index contributed by atoms with van der Waals surface area (Å²) >= 11 is 12.6. The smallest absolute Gasteiger partial charge is 0.352 e. The molecule has 0 aliphatic carbocycles. The van der Waals surface area contributed by atoms with E-state index in [0.717, 1.165) is 129 Å². The number of nitrogens with zero attached hydrogens (tertiary/aromatic N) is 9. The van der Waals surface area contributed by atoms with E-state index in [9.17, 15) is 27.2 Å². The first kappa shape index (κ1) is 55.0. The van der Waals surface area contributed by atoms with Crippen molar-refractivity contribution in [3.8, 4) is 0 Å². The molecule has 0 unspecified atom stereocenters. The van der Waals surface area contributed by atoms with Crippen LogP contribution in [0.1, 0.15) is 46.0 Å². The lowest BCUT2D eigenvalue weighted by atomic mass is 10.1. The molecule has 13 nitrogen and oxygen atoms in total. The first-order valence-electron chi connectivity index (χ1n) is 25.4. The van der Waals surface area contributed by atoms with Gasteiger partial charge in [-0.1, -0.05) is 47.5 Å². The van der Waals surface area contributed by atoms with Gasteiger partial charge in [-0.05, 0) is 85.6 Å². The van der Waals surface area contributed by atoms with E-state index in [0.29, 0.717) is 42.8 Å². The first-order chi connectivity index (χ1) is 36.0. The molecule has 6 aromatic rings. The number of para-hydroxylation sites is 2. The SMILES string of the molecule is C[C@H]1CN(c2ccc(F)c(F)c2)CCN1.C[C@H]1CN(c2ccc(F)c(F)c2)CCN1C(=O)c1cc(CN2CCN(c3ccccc3Cl)CC2)cn1C.Cn1cc(CN2CCN(c3ccccc3Cl)CC2)cc1C(=O)O. The minimum atomic E-state index is -0.887. The van der Waals surface area contributed by atoms with Crippen LogP contribution in [-0.2, 0) is 27.2 Å². The minimum Gasteiger partial charge on any atom is -0.477 e. The Morgan fingerprint density at radius 2 is 1.01 bits per heavy atom. The van der Waals surface area contributed by atoms with Crippen molar-refractivity contribution in [2.24, 2.45) is 14.1 Å². The van der Waals surface area contributed by atoms with Gasteiger partial charge in [0.1, 0.15) is 11.4 Å². The summed E-state index contributed by atoms with van der Waals surface area (Å²) in [7, 11) is 3.68. The molecular weight excluding hydrogens is 1010 g/mol. The van der Waals surface area contributed by atoms with Crippen LogP contribution in [0.25, 0.3) is 0 Å². The monoisotopic (exact) mass is 1070 g/mol. The Kier molecular flexibility index (Phi) is 18.4. The van der Waals surface area contributed by atoms with Gasteiger partial charge in [0.25, 0.3) is 5.91 Å². The highest BCUT2D eigenvalue weighted by Gasteiger charge is 2.31. The molecule has 0 bridgehead atoms. The fourth-order valence-corrected chi connectivity index (χ4v) is 10.8. The lowest BCUT2D eigenvalue weighted by molar-refractivity contribution is 0.0661. The highest BCUT2D eigenvalue weighted by molar-refractivity contribution is 6.33. The van der Waals surface area contributed by atoms with Crippen LogP contribution in [0.2, 0.25) is 10.0 Å². The number of carbonyl (C=O) groups excluding carboxylic acids is 1. The summed E-state index contributed by atoms with van der Waals surface area (Å²) < 4.78 is 56.4. The summed E-state index contributed by atoms with van der Waals surface area (Å²) in [6.45, 7) is 17.2. The van der Waals surface area contributed by atoms with Gasteiger partial charge in [-0.25, -0.2) is 22.4 Å². The van der Waals surface area contributed by atoms with Crippen molar-refractivity contribution in [2.75, 3.05) is 111 Å². The summed E-state index contributed by atoms with van der Waals surface area (Å²) in [6, 6.07) is 27.9. The zero-order valence-corrected chi connectivity index (χ0v) is 44.4. The number of aryl methyl sites for hydroxylation is 2. The van der Waals surface area contributed by atoms with Crippen LogP contribution in [0.3, 0.4) is 0 Å². The normalized spacial score (nSPS) is 18.6. The molecule has 6 heterocycles. The maximum absolute atomic E-state index is 13.7. The van der Waals surface area contributed by atoms with Gasteiger partial charge in [0, 0.05) is 167 Å². The number of hydrogen-bond acceptors (Lipinski definition) is 9. The Morgan fingerprint density at radius 1 is 0.560 bits per heavy atom.